The Morgan fingerprint density at radius 1 is 1.28 bits per heavy atom. The summed E-state index contributed by atoms with van der Waals surface area (Å²) in [6.45, 7) is 2.78. The third-order valence-electron chi connectivity index (χ3n) is 2.81. The summed E-state index contributed by atoms with van der Waals surface area (Å²) in [6, 6.07) is 3.97. The van der Waals surface area contributed by atoms with Crippen molar-refractivity contribution in [1.29, 1.82) is 0 Å². The number of methoxy groups -OCH3 is 2. The van der Waals surface area contributed by atoms with Crippen LogP contribution in [0.4, 0.5) is 0 Å². The standard InChI is InChI=1S/C13H20N2O2S/c1-9-6-11(16-4)12(17-5)7-10(9)8-15(3)13(18)14-2/h6-7H,8H2,1-5H3,(H,14,18). The topological polar surface area (TPSA) is 33.7 Å². The average Bonchev–Trinajstić information content (AvgIpc) is 2.39. The highest BCUT2D eigenvalue weighted by Crippen LogP contribution is 2.30. The van der Waals surface area contributed by atoms with Crippen LogP contribution in [0.15, 0.2) is 12.1 Å². The summed E-state index contributed by atoms with van der Waals surface area (Å²) in [5.41, 5.74) is 2.31. The molecule has 100 valence electrons. The van der Waals surface area contributed by atoms with Crippen molar-refractivity contribution in [3.63, 3.8) is 0 Å². The highest BCUT2D eigenvalue weighted by atomic mass is 32.1. The van der Waals surface area contributed by atoms with Gasteiger partial charge < -0.3 is 19.7 Å². The second-order valence-electron chi connectivity index (χ2n) is 4.04. The first-order chi connectivity index (χ1) is 8.53. The zero-order valence-electron chi connectivity index (χ0n) is 11.5. The molecule has 0 fully saturated rings. The number of nitrogens with one attached hydrogen (secondary N) is 1. The van der Waals surface area contributed by atoms with Gasteiger partial charge in [-0.1, -0.05) is 0 Å². The second-order valence-corrected chi connectivity index (χ2v) is 4.43. The van der Waals surface area contributed by atoms with Crippen molar-refractivity contribution in [3.8, 4) is 11.5 Å². The van der Waals surface area contributed by atoms with Crippen LogP contribution in [0.1, 0.15) is 11.1 Å². The second kappa shape index (κ2) is 6.44. The molecule has 0 aliphatic heterocycles. The van der Waals surface area contributed by atoms with Gasteiger partial charge >= 0.3 is 0 Å². The van der Waals surface area contributed by atoms with Gasteiger partial charge in [0.15, 0.2) is 16.6 Å². The van der Waals surface area contributed by atoms with Crippen LogP contribution in [0.3, 0.4) is 0 Å². The van der Waals surface area contributed by atoms with Gasteiger partial charge in [0.2, 0.25) is 0 Å². The SMILES string of the molecule is CNC(=S)N(C)Cc1cc(OC)c(OC)cc1C. The van der Waals surface area contributed by atoms with E-state index in [-0.39, 0.29) is 0 Å². The molecule has 0 aliphatic rings. The lowest BCUT2D eigenvalue weighted by atomic mass is 10.1. The van der Waals surface area contributed by atoms with Crippen LogP contribution >= 0.6 is 12.2 Å². The smallest absolute Gasteiger partial charge is 0.168 e. The first kappa shape index (κ1) is 14.6. The Morgan fingerprint density at radius 3 is 2.33 bits per heavy atom. The summed E-state index contributed by atoms with van der Waals surface area (Å²) in [6.07, 6.45) is 0. The third kappa shape index (κ3) is 3.26. The number of nitrogens with zero attached hydrogens (tertiary/aromatic N) is 1. The number of aryl methyl sites for hydroxylation is 1. The fraction of sp³-hybridized carbons (Fsp3) is 0.462. The molecule has 0 atom stereocenters. The summed E-state index contributed by atoms with van der Waals surface area (Å²) in [5.74, 6) is 1.49. The predicted octanol–water partition coefficient (Wildman–Crippen LogP) is 1.95. The minimum Gasteiger partial charge on any atom is -0.493 e. The van der Waals surface area contributed by atoms with Crippen LogP contribution < -0.4 is 14.8 Å². The van der Waals surface area contributed by atoms with E-state index in [4.69, 9.17) is 21.7 Å². The van der Waals surface area contributed by atoms with E-state index in [1.54, 1.807) is 14.2 Å². The number of thiocarbonyl (C=S) groups is 1. The molecule has 0 heterocycles. The van der Waals surface area contributed by atoms with Crippen molar-refractivity contribution in [2.45, 2.75) is 13.5 Å². The minimum absolute atomic E-state index is 0.712. The van der Waals surface area contributed by atoms with Gasteiger partial charge in [-0.15, -0.1) is 0 Å². The van der Waals surface area contributed by atoms with Crippen LogP contribution in [-0.2, 0) is 6.54 Å². The Morgan fingerprint density at radius 2 is 1.83 bits per heavy atom. The van der Waals surface area contributed by atoms with Gasteiger partial charge in [0.25, 0.3) is 0 Å². The molecule has 1 rings (SSSR count). The van der Waals surface area contributed by atoms with Crippen LogP contribution in [0, 0.1) is 6.92 Å². The molecule has 0 radical (unpaired) electrons. The van der Waals surface area contributed by atoms with Gasteiger partial charge in [-0.3, -0.25) is 0 Å². The molecule has 0 spiro atoms. The maximum atomic E-state index is 5.31. The van der Waals surface area contributed by atoms with Crippen LogP contribution in [0.5, 0.6) is 11.5 Å². The van der Waals surface area contributed by atoms with Crippen molar-refractivity contribution in [3.05, 3.63) is 23.3 Å². The summed E-state index contributed by atoms with van der Waals surface area (Å²) in [7, 11) is 7.05. The molecular weight excluding hydrogens is 248 g/mol. The average molecular weight is 268 g/mol. The van der Waals surface area contributed by atoms with Gasteiger partial charge in [-0.05, 0) is 42.4 Å². The first-order valence-corrected chi connectivity index (χ1v) is 6.08. The molecule has 0 bridgehead atoms. The van der Waals surface area contributed by atoms with Crippen molar-refractivity contribution in [2.24, 2.45) is 0 Å². The number of benzene rings is 1. The molecule has 0 saturated carbocycles. The van der Waals surface area contributed by atoms with Crippen LogP contribution in [0.2, 0.25) is 0 Å². The van der Waals surface area contributed by atoms with Crippen molar-refractivity contribution in [2.75, 3.05) is 28.3 Å². The molecule has 0 saturated heterocycles. The maximum absolute atomic E-state index is 5.31. The van der Waals surface area contributed by atoms with Crippen molar-refractivity contribution < 1.29 is 9.47 Å². The molecule has 5 heteroatoms. The van der Waals surface area contributed by atoms with E-state index in [2.05, 4.69) is 5.32 Å². The lowest BCUT2D eigenvalue weighted by molar-refractivity contribution is 0.353. The predicted molar refractivity (Wildman–Crippen MR) is 77.4 cm³/mol. The zero-order chi connectivity index (χ0) is 13.7. The molecule has 0 aliphatic carbocycles. The Labute approximate surface area is 114 Å². The Bertz CT molecular complexity index is 435. The van der Waals surface area contributed by atoms with Gasteiger partial charge in [0, 0.05) is 20.6 Å². The van der Waals surface area contributed by atoms with E-state index in [9.17, 15) is 0 Å². The lowest BCUT2D eigenvalue weighted by Gasteiger charge is -2.21. The number of hydrogen-bond donors (Lipinski definition) is 1. The third-order valence-corrected chi connectivity index (χ3v) is 3.33. The van der Waals surface area contributed by atoms with Gasteiger partial charge in [-0.2, -0.15) is 0 Å². The molecule has 1 aromatic rings. The molecule has 4 nitrogen and oxygen atoms in total. The Kier molecular flexibility index (Phi) is 5.22. The summed E-state index contributed by atoms with van der Waals surface area (Å²) in [5, 5.41) is 3.67. The monoisotopic (exact) mass is 268 g/mol. The fourth-order valence-corrected chi connectivity index (χ4v) is 1.78. The maximum Gasteiger partial charge on any atom is 0.168 e. The first-order valence-electron chi connectivity index (χ1n) is 5.67. The molecular formula is C13H20N2O2S. The highest BCUT2D eigenvalue weighted by Gasteiger charge is 2.11. The van der Waals surface area contributed by atoms with Gasteiger partial charge in [0.05, 0.1) is 14.2 Å². The fourth-order valence-electron chi connectivity index (χ4n) is 1.71. The van der Waals surface area contributed by atoms with Crippen molar-refractivity contribution in [1.82, 2.24) is 10.2 Å². The molecule has 18 heavy (non-hydrogen) atoms. The largest absolute Gasteiger partial charge is 0.493 e. The van der Waals surface area contributed by atoms with E-state index >= 15 is 0 Å². The van der Waals surface area contributed by atoms with E-state index in [0.717, 1.165) is 29.2 Å². The number of rotatable bonds is 4. The van der Waals surface area contributed by atoms with E-state index in [1.165, 1.54) is 0 Å². The molecule has 1 aromatic carbocycles. The summed E-state index contributed by atoms with van der Waals surface area (Å²) < 4.78 is 10.6. The zero-order valence-corrected chi connectivity index (χ0v) is 12.4. The normalized spacial score (nSPS) is 9.83. The van der Waals surface area contributed by atoms with Crippen LogP contribution in [0.25, 0.3) is 0 Å². The van der Waals surface area contributed by atoms with E-state index < -0.39 is 0 Å². The van der Waals surface area contributed by atoms with E-state index in [1.807, 2.05) is 38.1 Å². The highest BCUT2D eigenvalue weighted by molar-refractivity contribution is 7.80. The van der Waals surface area contributed by atoms with Gasteiger partial charge in [0.1, 0.15) is 0 Å². The van der Waals surface area contributed by atoms with E-state index in [0.29, 0.717) is 5.11 Å². The lowest BCUT2D eigenvalue weighted by Crippen LogP contribution is -2.34. The number of hydrogen-bond acceptors (Lipinski definition) is 3. The Hall–Kier alpha value is -1.49. The minimum atomic E-state index is 0.712. The van der Waals surface area contributed by atoms with Crippen LogP contribution in [-0.4, -0.2) is 38.3 Å². The quantitative estimate of drug-likeness (QED) is 0.844. The van der Waals surface area contributed by atoms with Gasteiger partial charge in [-0.25, -0.2) is 0 Å². The molecule has 1 N–H and O–H groups in total. The number of ether oxygens (including phenoxy) is 2. The Balaban J connectivity index is 2.99. The molecule has 0 unspecified atom stereocenters. The summed E-state index contributed by atoms with van der Waals surface area (Å²) >= 11 is 5.19. The van der Waals surface area contributed by atoms with Crippen molar-refractivity contribution >= 4 is 17.3 Å². The summed E-state index contributed by atoms with van der Waals surface area (Å²) in [4.78, 5) is 1.98. The molecule has 0 aromatic heterocycles. The molecule has 0 amide bonds.